The van der Waals surface area contributed by atoms with Gasteiger partial charge in [0.1, 0.15) is 24.0 Å². The smallest absolute Gasteiger partial charge is 0.408 e. The van der Waals surface area contributed by atoms with Crippen LogP contribution in [0.25, 0.3) is 0 Å². The van der Waals surface area contributed by atoms with Gasteiger partial charge in [-0.1, -0.05) is 66.7 Å². The van der Waals surface area contributed by atoms with Gasteiger partial charge in [-0.25, -0.2) is 9.59 Å². The molecule has 0 spiro atoms. The molecular weight excluding hydrogens is 618 g/mol. The molecule has 1 unspecified atom stereocenters. The number of methoxy groups -OCH3 is 4. The summed E-state index contributed by atoms with van der Waals surface area (Å²) in [4.78, 5) is 40.1. The monoisotopic (exact) mass is 655 g/mol. The average molecular weight is 656 g/mol. The standard InChI is InChI=1S/C37H37NO10/c1-42-28-16-15-25(17-26-22-46-30-20-31(43-2)34(44-3)35(45-4)32(30)33(26)39)19-29(28)48-36(40)27(18-23-11-7-5-8-12-23)38-37(41)47-21-24-13-9-6-10-14-24/h5-16,19-20,26-27H,17-18,21-22H2,1-4H3,(H,38,41)/t26?,27-/m0/s1. The highest BCUT2D eigenvalue weighted by Crippen LogP contribution is 2.47. The van der Waals surface area contributed by atoms with Crippen molar-refractivity contribution in [3.05, 3.63) is 107 Å². The number of fused-ring (bicyclic) bond motifs is 1. The number of nitrogens with one attached hydrogen (secondary N) is 1. The third kappa shape index (κ3) is 7.80. The van der Waals surface area contributed by atoms with Crippen LogP contribution >= 0.6 is 0 Å². The van der Waals surface area contributed by atoms with E-state index in [4.69, 9.17) is 33.2 Å². The maximum atomic E-state index is 13.7. The molecular formula is C37H37NO10. The lowest BCUT2D eigenvalue weighted by atomic mass is 9.88. The molecule has 0 aliphatic carbocycles. The molecule has 0 aromatic heterocycles. The molecule has 1 aliphatic rings. The molecule has 0 radical (unpaired) electrons. The number of hydrogen-bond acceptors (Lipinski definition) is 10. The van der Waals surface area contributed by atoms with Gasteiger partial charge in [-0.05, 0) is 35.2 Å². The fourth-order valence-electron chi connectivity index (χ4n) is 5.44. The Morgan fingerprint density at radius 2 is 1.44 bits per heavy atom. The second-order valence-electron chi connectivity index (χ2n) is 10.9. The minimum absolute atomic E-state index is 0.0376. The lowest BCUT2D eigenvalue weighted by Gasteiger charge is -2.27. The highest BCUT2D eigenvalue weighted by molar-refractivity contribution is 6.05. The van der Waals surface area contributed by atoms with E-state index >= 15 is 0 Å². The molecule has 2 atom stereocenters. The lowest BCUT2D eigenvalue weighted by Crippen LogP contribution is -2.44. The third-order valence-corrected chi connectivity index (χ3v) is 7.84. The highest BCUT2D eigenvalue weighted by atomic mass is 16.6. The van der Waals surface area contributed by atoms with Crippen LogP contribution in [0.4, 0.5) is 4.79 Å². The molecule has 48 heavy (non-hydrogen) atoms. The van der Waals surface area contributed by atoms with Crippen LogP contribution in [0.15, 0.2) is 84.9 Å². The van der Waals surface area contributed by atoms with Crippen molar-refractivity contribution in [1.29, 1.82) is 0 Å². The summed E-state index contributed by atoms with van der Waals surface area (Å²) < 4.78 is 39.1. The first kappa shape index (κ1) is 33.6. The normalized spacial score (nSPS) is 14.1. The second kappa shape index (κ2) is 15.7. The summed E-state index contributed by atoms with van der Waals surface area (Å²) in [5.41, 5.74) is 2.57. The van der Waals surface area contributed by atoms with Gasteiger partial charge in [-0.2, -0.15) is 0 Å². The lowest BCUT2D eigenvalue weighted by molar-refractivity contribution is -0.136. The van der Waals surface area contributed by atoms with Gasteiger partial charge in [0.2, 0.25) is 5.75 Å². The first-order valence-corrected chi connectivity index (χ1v) is 15.2. The van der Waals surface area contributed by atoms with Crippen molar-refractivity contribution < 1.29 is 47.5 Å². The van der Waals surface area contributed by atoms with Gasteiger partial charge in [0.15, 0.2) is 28.8 Å². The topological polar surface area (TPSA) is 128 Å². The zero-order valence-electron chi connectivity index (χ0n) is 27.1. The fourth-order valence-corrected chi connectivity index (χ4v) is 5.44. The largest absolute Gasteiger partial charge is 0.493 e. The summed E-state index contributed by atoms with van der Waals surface area (Å²) in [5, 5.41) is 2.65. The Labute approximate surface area is 278 Å². The van der Waals surface area contributed by atoms with Crippen molar-refractivity contribution in [3.8, 4) is 34.5 Å². The van der Waals surface area contributed by atoms with Crippen molar-refractivity contribution in [1.82, 2.24) is 5.32 Å². The molecule has 11 heteroatoms. The van der Waals surface area contributed by atoms with Crippen molar-refractivity contribution in [2.24, 2.45) is 5.92 Å². The number of carbonyl (C=O) groups excluding carboxylic acids is 3. The van der Waals surface area contributed by atoms with E-state index in [9.17, 15) is 14.4 Å². The maximum Gasteiger partial charge on any atom is 0.408 e. The van der Waals surface area contributed by atoms with Crippen LogP contribution in [-0.4, -0.2) is 58.9 Å². The number of Topliss-reactive ketones (excluding diaryl/α,β-unsaturated/α-hetero) is 1. The quantitative estimate of drug-likeness (QED) is 0.144. The van der Waals surface area contributed by atoms with E-state index < -0.39 is 24.0 Å². The van der Waals surface area contributed by atoms with Crippen molar-refractivity contribution in [3.63, 3.8) is 0 Å². The predicted octanol–water partition coefficient (Wildman–Crippen LogP) is 5.60. The van der Waals surface area contributed by atoms with E-state index in [0.717, 1.165) is 11.1 Å². The number of ketones is 1. The number of alkyl carbamates (subject to hydrolysis) is 1. The summed E-state index contributed by atoms with van der Waals surface area (Å²) in [6, 6.07) is 24.1. The first-order chi connectivity index (χ1) is 23.3. The number of ether oxygens (including phenoxy) is 7. The van der Waals surface area contributed by atoms with Crippen LogP contribution in [0.1, 0.15) is 27.0 Å². The number of benzene rings is 4. The van der Waals surface area contributed by atoms with Gasteiger partial charge in [0.05, 0.1) is 41.0 Å². The molecule has 0 saturated carbocycles. The molecule has 4 aromatic rings. The summed E-state index contributed by atoms with van der Waals surface area (Å²) in [5.74, 6) is 0.182. The Balaban J connectivity index is 1.34. The molecule has 5 rings (SSSR count). The molecule has 0 bridgehead atoms. The summed E-state index contributed by atoms with van der Waals surface area (Å²) in [6.07, 6.45) is -0.342. The Kier molecular flexibility index (Phi) is 11.0. The number of esters is 1. The zero-order valence-corrected chi connectivity index (χ0v) is 27.1. The van der Waals surface area contributed by atoms with E-state index in [2.05, 4.69) is 5.32 Å². The van der Waals surface area contributed by atoms with Crippen LogP contribution in [0, 0.1) is 5.92 Å². The summed E-state index contributed by atoms with van der Waals surface area (Å²) in [7, 11) is 5.85. The molecule has 0 saturated heterocycles. The molecule has 11 nitrogen and oxygen atoms in total. The minimum atomic E-state index is -1.08. The molecule has 1 heterocycles. The van der Waals surface area contributed by atoms with Crippen LogP contribution in [0.2, 0.25) is 0 Å². The van der Waals surface area contributed by atoms with Gasteiger partial charge in [-0.3, -0.25) is 4.79 Å². The Hall–Kier alpha value is -5.71. The average Bonchev–Trinajstić information content (AvgIpc) is 3.11. The molecule has 1 amide bonds. The molecule has 250 valence electrons. The van der Waals surface area contributed by atoms with E-state index in [1.807, 2.05) is 60.7 Å². The predicted molar refractivity (Wildman–Crippen MR) is 175 cm³/mol. The van der Waals surface area contributed by atoms with Crippen LogP contribution in [0.3, 0.4) is 0 Å². The van der Waals surface area contributed by atoms with Gasteiger partial charge in [0, 0.05) is 12.5 Å². The van der Waals surface area contributed by atoms with Crippen molar-refractivity contribution >= 4 is 17.8 Å². The highest BCUT2D eigenvalue weighted by Gasteiger charge is 2.35. The Morgan fingerprint density at radius 3 is 2.08 bits per heavy atom. The van der Waals surface area contributed by atoms with Gasteiger partial charge in [-0.15, -0.1) is 0 Å². The van der Waals surface area contributed by atoms with Crippen LogP contribution in [-0.2, 0) is 29.0 Å². The maximum absolute atomic E-state index is 13.7. The summed E-state index contributed by atoms with van der Waals surface area (Å²) in [6.45, 7) is 0.149. The number of hydrogen-bond donors (Lipinski definition) is 1. The summed E-state index contributed by atoms with van der Waals surface area (Å²) >= 11 is 0. The van der Waals surface area contributed by atoms with Crippen LogP contribution < -0.4 is 33.7 Å². The Morgan fingerprint density at radius 1 is 0.771 bits per heavy atom. The van der Waals surface area contributed by atoms with E-state index in [1.54, 1.807) is 24.3 Å². The molecule has 0 fully saturated rings. The van der Waals surface area contributed by atoms with Crippen LogP contribution in [0.5, 0.6) is 34.5 Å². The van der Waals surface area contributed by atoms with Crippen molar-refractivity contribution in [2.75, 3.05) is 35.0 Å². The number of carbonyl (C=O) groups is 3. The van der Waals surface area contributed by atoms with Gasteiger partial charge < -0.3 is 38.5 Å². The SMILES string of the molecule is COc1ccc(CC2COc3cc(OC)c(OC)c(OC)c3C2=O)cc1OC(=O)[C@H](Cc1ccccc1)NC(=O)OCc1ccccc1. The molecule has 1 aliphatic heterocycles. The fraction of sp³-hybridized carbons (Fsp3) is 0.270. The first-order valence-electron chi connectivity index (χ1n) is 15.2. The zero-order chi connectivity index (χ0) is 34.0. The molecule has 1 N–H and O–H groups in total. The van der Waals surface area contributed by atoms with Gasteiger partial charge >= 0.3 is 12.1 Å². The minimum Gasteiger partial charge on any atom is -0.493 e. The molecule has 4 aromatic carbocycles. The third-order valence-electron chi connectivity index (χ3n) is 7.84. The van der Waals surface area contributed by atoms with E-state index in [-0.39, 0.29) is 54.7 Å². The second-order valence-corrected chi connectivity index (χ2v) is 10.9. The number of amides is 1. The Bertz CT molecular complexity index is 1740. The number of rotatable bonds is 13. The van der Waals surface area contributed by atoms with E-state index in [1.165, 1.54) is 28.4 Å². The van der Waals surface area contributed by atoms with Crippen molar-refractivity contribution in [2.45, 2.75) is 25.5 Å². The van der Waals surface area contributed by atoms with Gasteiger partial charge in [0.25, 0.3) is 0 Å². The van der Waals surface area contributed by atoms with E-state index in [0.29, 0.717) is 22.8 Å².